The molecule has 0 aliphatic carbocycles. The highest BCUT2D eigenvalue weighted by Crippen LogP contribution is 2.25. The fraction of sp³-hybridized carbons (Fsp3) is 0.389. The highest BCUT2D eigenvalue weighted by molar-refractivity contribution is 5.76. The Labute approximate surface area is 139 Å². The van der Waals surface area contributed by atoms with Gasteiger partial charge in [0.15, 0.2) is 0 Å². The quantitative estimate of drug-likeness (QED) is 0.935. The molecule has 3 rings (SSSR count). The standard InChI is InChI=1S/C18H20FN3O2/c19-15-5-1-3-13(11-15)6-7-17(23)22-10-2-4-14(12-22)16-8-9-20-18(24)21-16/h1,3,5,8-9,11,14H,2,4,6-7,10,12H2,(H,20,21,24)/t14-/m0/s1. The lowest BCUT2D eigenvalue weighted by molar-refractivity contribution is -0.132. The van der Waals surface area contributed by atoms with Crippen molar-refractivity contribution in [1.82, 2.24) is 14.9 Å². The molecule has 1 amide bonds. The molecule has 1 N–H and O–H groups in total. The summed E-state index contributed by atoms with van der Waals surface area (Å²) >= 11 is 0. The van der Waals surface area contributed by atoms with Crippen LogP contribution in [-0.4, -0.2) is 33.9 Å². The van der Waals surface area contributed by atoms with E-state index < -0.39 is 0 Å². The third kappa shape index (κ3) is 4.07. The van der Waals surface area contributed by atoms with Gasteiger partial charge in [-0.25, -0.2) is 14.2 Å². The van der Waals surface area contributed by atoms with Crippen molar-refractivity contribution in [3.63, 3.8) is 0 Å². The average molecular weight is 329 g/mol. The van der Waals surface area contributed by atoms with Gasteiger partial charge in [0.05, 0.1) is 0 Å². The van der Waals surface area contributed by atoms with Gasteiger partial charge in [0.1, 0.15) is 5.82 Å². The van der Waals surface area contributed by atoms with Gasteiger partial charge in [-0.2, -0.15) is 0 Å². The van der Waals surface area contributed by atoms with Crippen LogP contribution >= 0.6 is 0 Å². The molecule has 2 heterocycles. The van der Waals surface area contributed by atoms with Crippen LogP contribution in [0.15, 0.2) is 41.3 Å². The van der Waals surface area contributed by atoms with Gasteiger partial charge in [-0.05, 0) is 43.0 Å². The third-order valence-electron chi connectivity index (χ3n) is 4.43. The lowest BCUT2D eigenvalue weighted by Gasteiger charge is -2.32. The zero-order valence-corrected chi connectivity index (χ0v) is 13.4. The summed E-state index contributed by atoms with van der Waals surface area (Å²) in [4.78, 5) is 32.0. The molecule has 0 spiro atoms. The van der Waals surface area contributed by atoms with Gasteiger partial charge in [0, 0.05) is 37.3 Å². The van der Waals surface area contributed by atoms with Crippen molar-refractivity contribution in [3.8, 4) is 0 Å². The Balaban J connectivity index is 1.60. The molecule has 5 nitrogen and oxygen atoms in total. The van der Waals surface area contributed by atoms with Crippen LogP contribution in [0.1, 0.15) is 36.4 Å². The van der Waals surface area contributed by atoms with E-state index in [1.165, 1.54) is 18.3 Å². The second-order valence-corrected chi connectivity index (χ2v) is 6.14. The first-order chi connectivity index (χ1) is 11.6. The van der Waals surface area contributed by atoms with Crippen molar-refractivity contribution in [2.75, 3.05) is 13.1 Å². The van der Waals surface area contributed by atoms with E-state index in [9.17, 15) is 14.0 Å². The lowest BCUT2D eigenvalue weighted by Crippen LogP contribution is -2.39. The number of benzene rings is 1. The Hall–Kier alpha value is -2.50. The summed E-state index contributed by atoms with van der Waals surface area (Å²) in [5, 5.41) is 0. The summed E-state index contributed by atoms with van der Waals surface area (Å²) in [5.74, 6) is -0.0763. The number of likely N-dealkylation sites (tertiary alicyclic amines) is 1. The van der Waals surface area contributed by atoms with Gasteiger partial charge in [-0.1, -0.05) is 12.1 Å². The van der Waals surface area contributed by atoms with Crippen LogP contribution in [0, 0.1) is 5.82 Å². The van der Waals surface area contributed by atoms with Gasteiger partial charge >= 0.3 is 5.69 Å². The summed E-state index contributed by atoms with van der Waals surface area (Å²) in [6.45, 7) is 1.33. The maximum atomic E-state index is 13.2. The van der Waals surface area contributed by atoms with Crippen LogP contribution in [0.25, 0.3) is 0 Å². The van der Waals surface area contributed by atoms with Crippen molar-refractivity contribution in [2.45, 2.75) is 31.6 Å². The minimum absolute atomic E-state index is 0.0698. The molecule has 1 fully saturated rings. The first kappa shape index (κ1) is 16.4. The van der Waals surface area contributed by atoms with Crippen LogP contribution < -0.4 is 5.69 Å². The molecule has 126 valence electrons. The van der Waals surface area contributed by atoms with Crippen molar-refractivity contribution in [2.24, 2.45) is 0 Å². The summed E-state index contributed by atoms with van der Waals surface area (Å²) in [7, 11) is 0. The number of H-pyrrole nitrogens is 1. The fourth-order valence-corrected chi connectivity index (χ4v) is 3.18. The molecule has 2 aromatic rings. The predicted octanol–water partition coefficient (Wildman–Crippen LogP) is 2.25. The van der Waals surface area contributed by atoms with E-state index in [4.69, 9.17) is 0 Å². The molecule has 1 aliphatic heterocycles. The highest BCUT2D eigenvalue weighted by atomic mass is 19.1. The van der Waals surface area contributed by atoms with E-state index in [0.29, 0.717) is 19.4 Å². The summed E-state index contributed by atoms with van der Waals surface area (Å²) in [6.07, 6.45) is 4.24. The zero-order chi connectivity index (χ0) is 16.9. The minimum atomic E-state index is -0.359. The van der Waals surface area contributed by atoms with Gasteiger partial charge in [0.2, 0.25) is 5.91 Å². The van der Waals surface area contributed by atoms with E-state index >= 15 is 0 Å². The fourth-order valence-electron chi connectivity index (χ4n) is 3.18. The number of carbonyl (C=O) groups is 1. The van der Waals surface area contributed by atoms with E-state index in [0.717, 1.165) is 30.6 Å². The average Bonchev–Trinajstić information content (AvgIpc) is 2.60. The largest absolute Gasteiger partial charge is 0.345 e. The second-order valence-electron chi connectivity index (χ2n) is 6.14. The normalized spacial score (nSPS) is 17.7. The van der Waals surface area contributed by atoms with Crippen LogP contribution in [0.4, 0.5) is 4.39 Å². The van der Waals surface area contributed by atoms with Crippen molar-refractivity contribution >= 4 is 5.91 Å². The second kappa shape index (κ2) is 7.38. The number of halogens is 1. The van der Waals surface area contributed by atoms with Gasteiger partial charge in [0.25, 0.3) is 0 Å². The number of piperidine rings is 1. The number of amides is 1. The summed E-state index contributed by atoms with van der Waals surface area (Å²) < 4.78 is 13.2. The van der Waals surface area contributed by atoms with Crippen LogP contribution in [0.3, 0.4) is 0 Å². The Bertz CT molecular complexity index is 775. The van der Waals surface area contributed by atoms with E-state index in [2.05, 4.69) is 9.97 Å². The van der Waals surface area contributed by atoms with Crippen molar-refractivity contribution in [1.29, 1.82) is 0 Å². The zero-order valence-electron chi connectivity index (χ0n) is 13.4. The number of nitrogens with one attached hydrogen (secondary N) is 1. The van der Waals surface area contributed by atoms with Crippen molar-refractivity contribution < 1.29 is 9.18 Å². The number of carbonyl (C=O) groups excluding carboxylic acids is 1. The van der Waals surface area contributed by atoms with Crippen molar-refractivity contribution in [3.05, 3.63) is 64.1 Å². The first-order valence-corrected chi connectivity index (χ1v) is 8.19. The molecule has 1 aliphatic rings. The topological polar surface area (TPSA) is 66.1 Å². The molecule has 1 atom stereocenters. The number of aryl methyl sites for hydroxylation is 1. The molecular weight excluding hydrogens is 309 g/mol. The summed E-state index contributed by atoms with van der Waals surface area (Å²) in [6, 6.07) is 8.15. The monoisotopic (exact) mass is 329 g/mol. The minimum Gasteiger partial charge on any atom is -0.342 e. The third-order valence-corrected chi connectivity index (χ3v) is 4.43. The van der Waals surface area contributed by atoms with Gasteiger partial charge in [-0.3, -0.25) is 4.79 Å². The Morgan fingerprint density at radius 3 is 3.04 bits per heavy atom. The lowest BCUT2D eigenvalue weighted by atomic mass is 9.94. The molecule has 0 unspecified atom stereocenters. The Kier molecular flexibility index (Phi) is 5.03. The maximum Gasteiger partial charge on any atom is 0.345 e. The van der Waals surface area contributed by atoms with E-state index in [-0.39, 0.29) is 23.3 Å². The Morgan fingerprint density at radius 1 is 1.38 bits per heavy atom. The molecule has 1 saturated heterocycles. The molecule has 24 heavy (non-hydrogen) atoms. The molecular formula is C18H20FN3O2. The van der Waals surface area contributed by atoms with E-state index in [1.807, 2.05) is 11.0 Å². The molecule has 0 radical (unpaired) electrons. The highest BCUT2D eigenvalue weighted by Gasteiger charge is 2.25. The number of hydrogen-bond acceptors (Lipinski definition) is 3. The molecule has 6 heteroatoms. The maximum absolute atomic E-state index is 13.2. The molecule has 1 aromatic carbocycles. The van der Waals surface area contributed by atoms with Crippen LogP contribution in [-0.2, 0) is 11.2 Å². The number of aromatic amines is 1. The van der Waals surface area contributed by atoms with Gasteiger partial charge < -0.3 is 9.88 Å². The number of nitrogens with zero attached hydrogens (tertiary/aromatic N) is 2. The predicted molar refractivity (Wildman–Crippen MR) is 88.1 cm³/mol. The number of hydrogen-bond donors (Lipinski definition) is 1. The van der Waals surface area contributed by atoms with Gasteiger partial charge in [-0.15, -0.1) is 0 Å². The van der Waals surface area contributed by atoms with Crippen LogP contribution in [0.2, 0.25) is 0 Å². The van der Waals surface area contributed by atoms with Crippen LogP contribution in [0.5, 0.6) is 0 Å². The Morgan fingerprint density at radius 2 is 2.25 bits per heavy atom. The summed E-state index contributed by atoms with van der Waals surface area (Å²) in [5.41, 5.74) is 1.30. The molecule has 1 aromatic heterocycles. The number of rotatable bonds is 4. The van der Waals surface area contributed by atoms with E-state index in [1.54, 1.807) is 12.1 Å². The SMILES string of the molecule is O=C(CCc1cccc(F)c1)N1CCC[C@H](c2ccnc(=O)[nH]2)C1. The molecule has 0 bridgehead atoms. The smallest absolute Gasteiger partial charge is 0.342 e. The molecule has 0 saturated carbocycles. The number of aromatic nitrogens is 2. The first-order valence-electron chi connectivity index (χ1n) is 8.19.